The summed E-state index contributed by atoms with van der Waals surface area (Å²) in [6.07, 6.45) is 3.86. The van der Waals surface area contributed by atoms with E-state index in [0.29, 0.717) is 17.2 Å². The van der Waals surface area contributed by atoms with Crippen molar-refractivity contribution in [2.75, 3.05) is 19.5 Å². The zero-order valence-corrected chi connectivity index (χ0v) is 13.9. The minimum absolute atomic E-state index is 0.169. The summed E-state index contributed by atoms with van der Waals surface area (Å²) >= 11 is 2.11. The Morgan fingerprint density at radius 1 is 1.59 bits per heavy atom. The van der Waals surface area contributed by atoms with Gasteiger partial charge in [-0.25, -0.2) is 9.97 Å². The van der Waals surface area contributed by atoms with Crippen molar-refractivity contribution in [3.63, 3.8) is 0 Å². The van der Waals surface area contributed by atoms with Crippen LogP contribution < -0.4 is 5.73 Å². The number of nitrogens with two attached hydrogens (primary N) is 1. The number of aliphatic hydroxyl groups is 1. The molecule has 1 saturated heterocycles. The second-order valence-electron chi connectivity index (χ2n) is 4.96. The molecule has 4 atom stereocenters. The van der Waals surface area contributed by atoms with Gasteiger partial charge in [-0.05, 0) is 0 Å². The van der Waals surface area contributed by atoms with Crippen LogP contribution in [0.25, 0.3) is 5.65 Å². The maximum atomic E-state index is 12.1. The molecule has 0 aliphatic carbocycles. The molecule has 0 saturated carbocycles. The van der Waals surface area contributed by atoms with Crippen LogP contribution in [-0.2, 0) is 14.3 Å². The number of methoxy groups -OCH3 is 1. The molecule has 22 heavy (non-hydrogen) atoms. The van der Waals surface area contributed by atoms with Gasteiger partial charge in [0.2, 0.25) is 0 Å². The van der Waals surface area contributed by atoms with Crippen molar-refractivity contribution < 1.29 is 19.4 Å². The number of carbonyl (C=O) groups excluding carboxylic acids is 1. The number of hydrogen-bond acceptors (Lipinski definition) is 7. The van der Waals surface area contributed by atoms with E-state index in [2.05, 4.69) is 32.6 Å². The first-order valence-electron chi connectivity index (χ1n) is 6.64. The van der Waals surface area contributed by atoms with E-state index in [9.17, 15) is 9.90 Å². The average molecular weight is 418 g/mol. The van der Waals surface area contributed by atoms with Crippen molar-refractivity contribution in [2.24, 2.45) is 5.92 Å². The minimum atomic E-state index is -0.566. The number of alkyl halides is 1. The van der Waals surface area contributed by atoms with E-state index in [4.69, 9.17) is 15.2 Å². The second kappa shape index (κ2) is 5.97. The lowest BCUT2D eigenvalue weighted by atomic mass is 9.97. The number of esters is 1. The van der Waals surface area contributed by atoms with E-state index in [0.717, 1.165) is 0 Å². The van der Waals surface area contributed by atoms with Crippen molar-refractivity contribution in [1.29, 1.82) is 0 Å². The maximum absolute atomic E-state index is 12.1. The van der Waals surface area contributed by atoms with Crippen LogP contribution in [0.4, 0.5) is 5.82 Å². The number of ether oxygens (including phenoxy) is 2. The molecule has 118 valence electrons. The largest absolute Gasteiger partial charge is 0.469 e. The van der Waals surface area contributed by atoms with Crippen LogP contribution in [0.3, 0.4) is 0 Å². The molecule has 2 aromatic rings. The summed E-state index contributed by atoms with van der Waals surface area (Å²) in [6, 6.07) is 0. The number of imidazole rings is 1. The van der Waals surface area contributed by atoms with Crippen molar-refractivity contribution in [3.05, 3.63) is 24.3 Å². The van der Waals surface area contributed by atoms with E-state index in [1.807, 2.05) is 0 Å². The predicted octanol–water partition coefficient (Wildman–Crippen LogP) is 0.336. The molecule has 0 bridgehead atoms. The molecule has 3 N–H and O–H groups in total. The number of fused-ring (bicyclic) bond motifs is 1. The van der Waals surface area contributed by atoms with Gasteiger partial charge in [0.15, 0.2) is 11.5 Å². The third-order valence-electron chi connectivity index (χ3n) is 3.77. The zero-order chi connectivity index (χ0) is 15.9. The van der Waals surface area contributed by atoms with Crippen LogP contribution in [0.1, 0.15) is 11.8 Å². The Hall–Kier alpha value is -1.46. The van der Waals surface area contributed by atoms with Crippen LogP contribution in [-0.4, -0.2) is 49.2 Å². The molecule has 3 rings (SSSR count). The molecule has 0 radical (unpaired) electrons. The summed E-state index contributed by atoms with van der Waals surface area (Å²) in [7, 11) is 1.34. The smallest absolute Gasteiger partial charge is 0.312 e. The highest BCUT2D eigenvalue weighted by atomic mass is 127. The van der Waals surface area contributed by atoms with Crippen LogP contribution in [0, 0.1) is 5.92 Å². The van der Waals surface area contributed by atoms with Crippen LogP contribution in [0.5, 0.6) is 0 Å². The number of aliphatic hydroxyl groups excluding tert-OH is 1. The van der Waals surface area contributed by atoms with E-state index >= 15 is 0 Å². The molecule has 9 heteroatoms. The monoisotopic (exact) mass is 418 g/mol. The number of carbonyl (C=O) groups is 1. The van der Waals surface area contributed by atoms with Crippen molar-refractivity contribution >= 4 is 40.0 Å². The average Bonchev–Trinajstić information content (AvgIpc) is 3.08. The van der Waals surface area contributed by atoms with E-state index in [1.165, 1.54) is 7.11 Å². The quantitative estimate of drug-likeness (QED) is 0.420. The molecular formula is C13H15IN4O4. The second-order valence-corrected chi connectivity index (χ2v) is 6.40. The van der Waals surface area contributed by atoms with Gasteiger partial charge in [-0.15, -0.1) is 0 Å². The summed E-state index contributed by atoms with van der Waals surface area (Å²) in [5, 5.41) is 9.45. The van der Waals surface area contributed by atoms with Gasteiger partial charge in [-0.1, -0.05) is 22.6 Å². The fourth-order valence-corrected chi connectivity index (χ4v) is 3.77. The maximum Gasteiger partial charge on any atom is 0.312 e. The topological polar surface area (TPSA) is 112 Å². The van der Waals surface area contributed by atoms with Crippen molar-refractivity contribution in [2.45, 2.75) is 16.1 Å². The normalized spacial score (nSPS) is 28.1. The fourth-order valence-electron chi connectivity index (χ4n) is 2.70. The Balaban J connectivity index is 2.07. The lowest BCUT2D eigenvalue weighted by Crippen LogP contribution is -2.30. The molecule has 1 aliphatic heterocycles. The van der Waals surface area contributed by atoms with E-state index in [-0.39, 0.29) is 16.5 Å². The summed E-state index contributed by atoms with van der Waals surface area (Å²) in [5.74, 6) is -0.611. The van der Waals surface area contributed by atoms with Gasteiger partial charge in [0.05, 0.1) is 35.6 Å². The summed E-state index contributed by atoms with van der Waals surface area (Å²) in [6.45, 7) is -0.169. The number of rotatable bonds is 3. The van der Waals surface area contributed by atoms with Gasteiger partial charge in [-0.3, -0.25) is 9.20 Å². The number of halogens is 1. The predicted molar refractivity (Wildman–Crippen MR) is 85.4 cm³/mol. The molecule has 1 aliphatic rings. The summed E-state index contributed by atoms with van der Waals surface area (Å²) in [4.78, 5) is 20.4. The lowest BCUT2D eigenvalue weighted by molar-refractivity contribution is -0.147. The number of anilines is 1. The van der Waals surface area contributed by atoms with Gasteiger partial charge in [0, 0.05) is 12.4 Å². The third kappa shape index (κ3) is 2.32. The van der Waals surface area contributed by atoms with Crippen LogP contribution in [0.2, 0.25) is 0 Å². The standard InChI is InChI=1S/C13H15IN4O4/c1-21-13(20)8-9(14)7(5-19)22-10(8)6-4-17-12-11(15)16-2-3-18(6)12/h2-4,7-10,19H,5H2,1H3,(H2,15,16)/t7-,8-,9+,10+/m1/s1. The van der Waals surface area contributed by atoms with Gasteiger partial charge in [-0.2, -0.15) is 0 Å². The number of aromatic nitrogens is 3. The van der Waals surface area contributed by atoms with Gasteiger partial charge in [0.25, 0.3) is 0 Å². The fraction of sp³-hybridized carbons (Fsp3) is 0.462. The highest BCUT2D eigenvalue weighted by molar-refractivity contribution is 14.1. The first-order valence-corrected chi connectivity index (χ1v) is 7.88. The highest BCUT2D eigenvalue weighted by Crippen LogP contribution is 2.43. The zero-order valence-electron chi connectivity index (χ0n) is 11.7. The Morgan fingerprint density at radius 3 is 3.05 bits per heavy atom. The summed E-state index contributed by atoms with van der Waals surface area (Å²) in [5.41, 5.74) is 6.98. The van der Waals surface area contributed by atoms with Gasteiger partial charge < -0.3 is 20.3 Å². The Labute approximate surface area is 139 Å². The molecule has 0 aromatic carbocycles. The van der Waals surface area contributed by atoms with Gasteiger partial charge in [0.1, 0.15) is 12.0 Å². The Morgan fingerprint density at radius 2 is 2.36 bits per heavy atom. The summed E-state index contributed by atoms with van der Waals surface area (Å²) < 4.78 is 12.3. The molecule has 2 aromatic heterocycles. The third-order valence-corrected chi connectivity index (χ3v) is 5.35. The van der Waals surface area contributed by atoms with Crippen molar-refractivity contribution in [3.8, 4) is 0 Å². The Bertz CT molecular complexity index is 706. The lowest BCUT2D eigenvalue weighted by Gasteiger charge is -2.17. The molecule has 3 heterocycles. The molecule has 8 nitrogen and oxygen atoms in total. The molecule has 1 fully saturated rings. The van der Waals surface area contributed by atoms with E-state index in [1.54, 1.807) is 23.0 Å². The number of hydrogen-bond donors (Lipinski definition) is 2. The molecule has 0 amide bonds. The number of nitrogens with zero attached hydrogens (tertiary/aromatic N) is 3. The van der Waals surface area contributed by atoms with E-state index < -0.39 is 18.1 Å². The van der Waals surface area contributed by atoms with Gasteiger partial charge >= 0.3 is 5.97 Å². The number of nitrogen functional groups attached to an aromatic ring is 1. The molecule has 0 spiro atoms. The Kier molecular flexibility index (Phi) is 4.19. The minimum Gasteiger partial charge on any atom is -0.469 e. The highest BCUT2D eigenvalue weighted by Gasteiger charge is 2.49. The first-order chi connectivity index (χ1) is 10.6. The van der Waals surface area contributed by atoms with Crippen LogP contribution >= 0.6 is 22.6 Å². The first kappa shape index (κ1) is 15.4. The van der Waals surface area contributed by atoms with Crippen molar-refractivity contribution in [1.82, 2.24) is 14.4 Å². The van der Waals surface area contributed by atoms with Crippen LogP contribution in [0.15, 0.2) is 18.6 Å². The SMILES string of the molecule is COC(=O)[C@@H]1[C@@H](I)[C@@H](CO)O[C@H]1c1cnc2c(N)nccn12. The molecule has 0 unspecified atom stereocenters. The molecular weight excluding hydrogens is 403 g/mol.